The lowest BCUT2D eigenvalue weighted by molar-refractivity contribution is -0.00263. The Hall–Kier alpha value is -1.20. The van der Waals surface area contributed by atoms with Crippen LogP contribution in [-0.4, -0.2) is 11.2 Å². The zero-order valence-electron chi connectivity index (χ0n) is 9.53. The van der Waals surface area contributed by atoms with E-state index >= 15 is 0 Å². The number of hydrogen-bond acceptors (Lipinski definition) is 6. The SMILES string of the molecule is CC(C)(C)ON=O.CC(C)(C)ON=O. The van der Waals surface area contributed by atoms with Crippen LogP contribution in [-0.2, 0) is 9.68 Å². The van der Waals surface area contributed by atoms with Gasteiger partial charge in [-0.3, -0.25) is 0 Å². The summed E-state index contributed by atoms with van der Waals surface area (Å²) in [6.07, 6.45) is 0. The molecule has 0 aliphatic rings. The van der Waals surface area contributed by atoms with Gasteiger partial charge in [0.05, 0.1) is 0 Å². The average Bonchev–Trinajstić information content (AvgIpc) is 1.81. The predicted octanol–water partition coefficient (Wildman–Crippen LogP) is 2.97. The quantitative estimate of drug-likeness (QED) is 0.514. The van der Waals surface area contributed by atoms with Crippen molar-refractivity contribution < 1.29 is 9.68 Å². The fourth-order valence-electron chi connectivity index (χ4n) is 0.224. The van der Waals surface area contributed by atoms with Crippen molar-refractivity contribution in [1.29, 1.82) is 0 Å². The Morgan fingerprint density at radius 3 is 0.929 bits per heavy atom. The number of rotatable bonds is 2. The number of hydrogen-bond donors (Lipinski definition) is 0. The molecule has 0 atom stereocenters. The summed E-state index contributed by atoms with van der Waals surface area (Å²) in [5.74, 6) is 0. The summed E-state index contributed by atoms with van der Waals surface area (Å²) in [5.41, 5.74) is -0.858. The fraction of sp³-hybridized carbons (Fsp3) is 1.00. The van der Waals surface area contributed by atoms with Crippen LogP contribution in [0.1, 0.15) is 41.5 Å². The first-order valence-electron chi connectivity index (χ1n) is 4.14. The molecule has 0 saturated heterocycles. The Bertz CT molecular complexity index is 149. The van der Waals surface area contributed by atoms with Crippen molar-refractivity contribution >= 4 is 0 Å². The minimum absolute atomic E-state index is 0.429. The van der Waals surface area contributed by atoms with Gasteiger partial charge in [-0.15, -0.1) is 9.81 Å². The molecule has 0 N–H and O–H groups in total. The summed E-state index contributed by atoms with van der Waals surface area (Å²) in [6.45, 7) is 10.5. The molecular formula is C8H18N2O4. The van der Waals surface area contributed by atoms with Crippen molar-refractivity contribution in [3.05, 3.63) is 9.81 Å². The molecule has 0 aromatic heterocycles. The van der Waals surface area contributed by atoms with Gasteiger partial charge in [-0.1, -0.05) is 0 Å². The van der Waals surface area contributed by atoms with Gasteiger partial charge in [-0.25, -0.2) is 0 Å². The summed E-state index contributed by atoms with van der Waals surface area (Å²) in [7, 11) is 0. The van der Waals surface area contributed by atoms with Crippen LogP contribution in [0.4, 0.5) is 0 Å². The molecule has 84 valence electrons. The standard InChI is InChI=1S/2C4H9NO2/c2*1-4(2,3)7-5-6/h2*1-3H3. The van der Waals surface area contributed by atoms with E-state index in [1.807, 2.05) is 0 Å². The average molecular weight is 206 g/mol. The van der Waals surface area contributed by atoms with Crippen LogP contribution < -0.4 is 0 Å². The molecule has 0 spiro atoms. The Labute approximate surface area is 83.8 Å². The van der Waals surface area contributed by atoms with E-state index in [9.17, 15) is 9.81 Å². The zero-order valence-corrected chi connectivity index (χ0v) is 9.53. The molecule has 6 nitrogen and oxygen atoms in total. The smallest absolute Gasteiger partial charge is 0.155 e. The monoisotopic (exact) mass is 206 g/mol. The van der Waals surface area contributed by atoms with E-state index in [-0.39, 0.29) is 0 Å². The second kappa shape index (κ2) is 6.28. The molecular weight excluding hydrogens is 188 g/mol. The maximum absolute atomic E-state index is 9.35. The highest BCUT2D eigenvalue weighted by Gasteiger charge is 2.10. The van der Waals surface area contributed by atoms with Crippen LogP contribution in [0, 0.1) is 9.81 Å². The molecule has 0 heterocycles. The molecule has 0 aromatic rings. The topological polar surface area (TPSA) is 77.3 Å². The molecule has 0 rings (SSSR count). The molecule has 0 radical (unpaired) electrons. The van der Waals surface area contributed by atoms with E-state index < -0.39 is 11.2 Å². The van der Waals surface area contributed by atoms with Gasteiger partial charge in [-0.2, -0.15) is 0 Å². The fourth-order valence-corrected chi connectivity index (χ4v) is 0.224. The normalized spacial score (nSPS) is 10.7. The van der Waals surface area contributed by atoms with Gasteiger partial charge in [-0.05, 0) is 41.5 Å². The highest BCUT2D eigenvalue weighted by atomic mass is 16.7. The summed E-state index contributed by atoms with van der Waals surface area (Å²) in [5, 5.41) is 4.51. The minimum Gasteiger partial charge on any atom is -0.358 e. The van der Waals surface area contributed by atoms with Crippen LogP contribution in [0.25, 0.3) is 0 Å². The Balaban J connectivity index is 0. The zero-order chi connectivity index (χ0) is 11.8. The first kappa shape index (κ1) is 15.3. The van der Waals surface area contributed by atoms with E-state index in [1.54, 1.807) is 41.5 Å². The van der Waals surface area contributed by atoms with Crippen LogP contribution in [0.2, 0.25) is 0 Å². The largest absolute Gasteiger partial charge is 0.358 e. The lowest BCUT2D eigenvalue weighted by atomic mass is 10.2. The van der Waals surface area contributed by atoms with Crippen LogP contribution in [0.3, 0.4) is 0 Å². The second-order valence-corrected chi connectivity index (χ2v) is 4.56. The Morgan fingerprint density at radius 2 is 0.929 bits per heavy atom. The number of nitrogens with zero attached hydrogens (tertiary/aromatic N) is 2. The van der Waals surface area contributed by atoms with Crippen molar-refractivity contribution in [3.8, 4) is 0 Å². The van der Waals surface area contributed by atoms with Gasteiger partial charge < -0.3 is 9.68 Å². The van der Waals surface area contributed by atoms with Crippen molar-refractivity contribution in [2.75, 3.05) is 0 Å². The summed E-state index contributed by atoms with van der Waals surface area (Å²) >= 11 is 0. The molecule has 0 aromatic carbocycles. The highest BCUT2D eigenvalue weighted by molar-refractivity contribution is 4.55. The molecule has 14 heavy (non-hydrogen) atoms. The van der Waals surface area contributed by atoms with Crippen LogP contribution in [0.5, 0.6) is 0 Å². The van der Waals surface area contributed by atoms with E-state index in [1.165, 1.54) is 0 Å². The predicted molar refractivity (Wildman–Crippen MR) is 53.3 cm³/mol. The first-order valence-corrected chi connectivity index (χ1v) is 4.14. The van der Waals surface area contributed by atoms with Gasteiger partial charge in [0.1, 0.15) is 11.2 Å². The van der Waals surface area contributed by atoms with Gasteiger partial charge in [0, 0.05) is 0 Å². The Kier molecular flexibility index (Phi) is 6.86. The van der Waals surface area contributed by atoms with Crippen molar-refractivity contribution in [2.24, 2.45) is 10.7 Å². The maximum Gasteiger partial charge on any atom is 0.155 e. The van der Waals surface area contributed by atoms with Crippen LogP contribution in [0.15, 0.2) is 10.7 Å². The lowest BCUT2D eigenvalue weighted by Crippen LogP contribution is -2.14. The third-order valence-electron chi connectivity index (χ3n) is 0.622. The summed E-state index contributed by atoms with van der Waals surface area (Å²) in [4.78, 5) is 27.3. The van der Waals surface area contributed by atoms with Crippen molar-refractivity contribution in [3.63, 3.8) is 0 Å². The summed E-state index contributed by atoms with van der Waals surface area (Å²) < 4.78 is 0. The lowest BCUT2D eigenvalue weighted by Gasteiger charge is -2.11. The van der Waals surface area contributed by atoms with E-state index in [0.29, 0.717) is 0 Å². The Morgan fingerprint density at radius 1 is 0.714 bits per heavy atom. The molecule has 0 aliphatic heterocycles. The molecule has 0 aliphatic carbocycles. The molecule has 0 amide bonds. The molecule has 6 heteroatoms. The molecule has 0 saturated carbocycles. The molecule has 0 unspecified atom stereocenters. The van der Waals surface area contributed by atoms with E-state index in [2.05, 4.69) is 20.4 Å². The highest BCUT2D eigenvalue weighted by Crippen LogP contribution is 2.05. The van der Waals surface area contributed by atoms with Crippen LogP contribution >= 0.6 is 0 Å². The third-order valence-corrected chi connectivity index (χ3v) is 0.622. The van der Waals surface area contributed by atoms with Gasteiger partial charge in [0.25, 0.3) is 0 Å². The van der Waals surface area contributed by atoms with Gasteiger partial charge in [0.15, 0.2) is 10.7 Å². The van der Waals surface area contributed by atoms with Gasteiger partial charge >= 0.3 is 0 Å². The van der Waals surface area contributed by atoms with Crippen molar-refractivity contribution in [1.82, 2.24) is 0 Å². The minimum atomic E-state index is -0.429. The van der Waals surface area contributed by atoms with Crippen molar-refractivity contribution in [2.45, 2.75) is 52.7 Å². The van der Waals surface area contributed by atoms with E-state index in [0.717, 1.165) is 0 Å². The molecule has 0 bridgehead atoms. The third kappa shape index (κ3) is 22.4. The first-order chi connectivity index (χ1) is 6.12. The maximum atomic E-state index is 9.35. The van der Waals surface area contributed by atoms with Gasteiger partial charge in [0.2, 0.25) is 0 Å². The second-order valence-electron chi connectivity index (χ2n) is 4.56. The molecule has 0 fully saturated rings. The van der Waals surface area contributed by atoms with E-state index in [4.69, 9.17) is 0 Å². The summed E-state index contributed by atoms with van der Waals surface area (Å²) in [6, 6.07) is 0.